The Kier molecular flexibility index (Phi) is 26.1. The Morgan fingerprint density at radius 2 is 1.07 bits per heavy atom. The number of hydrazine groups is 4. The van der Waals surface area contributed by atoms with Gasteiger partial charge >= 0.3 is 12.2 Å². The number of aliphatic hydroxyl groups excluding tert-OH is 1. The van der Waals surface area contributed by atoms with Gasteiger partial charge in [-0.1, -0.05) is 69.7 Å². The molecule has 2 heterocycles. The number of hydrogen-bond donors (Lipinski definition) is 6. The summed E-state index contributed by atoms with van der Waals surface area (Å²) in [5.41, 5.74) is 9.58. The number of nitrogens with one attached hydrogen (secondary N) is 2. The second-order valence-electron chi connectivity index (χ2n) is 15.9. The molecule has 2 aromatic rings. The number of imide groups is 2. The predicted octanol–water partition coefficient (Wildman–Crippen LogP) is 5.13. The van der Waals surface area contributed by atoms with Gasteiger partial charge in [0.1, 0.15) is 11.2 Å². The van der Waals surface area contributed by atoms with E-state index in [4.69, 9.17) is 32.0 Å². The van der Waals surface area contributed by atoms with Crippen LogP contribution in [0.2, 0.25) is 0 Å². The number of nitrogens with zero attached hydrogens (tertiary/aromatic N) is 4. The molecule has 0 atom stereocenters. The van der Waals surface area contributed by atoms with Crippen molar-refractivity contribution in [1.29, 1.82) is 0 Å². The number of carbonyl (C=O) groups excluding carboxylic acids is 6. The lowest BCUT2D eigenvalue weighted by Gasteiger charge is -2.22. The van der Waals surface area contributed by atoms with Gasteiger partial charge in [-0.05, 0) is 91.6 Å². The number of rotatable bonds is 13. The molecule has 338 valence electrons. The Balaban J connectivity index is 0.000000758. The topological polar surface area (TPSA) is 256 Å². The average Bonchev–Trinajstić information content (AvgIpc) is 3.56. The van der Waals surface area contributed by atoms with E-state index in [9.17, 15) is 28.8 Å². The SMILES string of the molecule is CC(C)(C)OC(=O)NN.CC(C)(C)OC(=O)NN1C(=O)c2ccccc2C1=O.CCCCCCCN(C)N.CN(C)N1C(=O)c2ccccc2C1=O.NCCCCCCO. The molecule has 6 amide bonds. The normalized spacial score (nSPS) is 12.8. The van der Waals surface area contributed by atoms with Crippen molar-refractivity contribution >= 4 is 35.8 Å². The van der Waals surface area contributed by atoms with Gasteiger partial charge in [0.05, 0.1) is 22.3 Å². The standard InChI is InChI=1S/C13H14N2O4.C10H10N2O2.C8H20N2.C6H15NO.C5H12N2O2/c1-13(2,3)19-12(18)14-15-10(16)8-6-4-5-7-9(8)11(15)17;1-11(2)12-9(13)7-5-3-4-6-8(7)10(12)14;1-3-4-5-6-7-8-10(2)9;7-5-3-1-2-4-6-8;1-5(2,3)9-4(8)7-6/h4-7H,1-3H3,(H,14,18);3-6H,1-2H3;3-9H2,1-2H3;8H,1-7H2;6H2,1-3H3,(H,7,8). The molecule has 0 unspecified atom stereocenters. The maximum Gasteiger partial charge on any atom is 0.427 e. The van der Waals surface area contributed by atoms with Crippen molar-refractivity contribution in [1.82, 2.24) is 30.9 Å². The second kappa shape index (κ2) is 28.5. The number of benzene rings is 2. The summed E-state index contributed by atoms with van der Waals surface area (Å²) in [6.45, 7) is 14.7. The molecule has 0 fully saturated rings. The zero-order chi connectivity index (χ0) is 46.1. The van der Waals surface area contributed by atoms with Crippen molar-refractivity contribution in [3.63, 3.8) is 0 Å². The van der Waals surface area contributed by atoms with Gasteiger partial charge < -0.3 is 20.3 Å². The molecule has 18 heteroatoms. The van der Waals surface area contributed by atoms with Crippen LogP contribution in [-0.2, 0) is 9.47 Å². The van der Waals surface area contributed by atoms with Crippen LogP contribution < -0.4 is 28.3 Å². The summed E-state index contributed by atoms with van der Waals surface area (Å²) < 4.78 is 9.71. The Hall–Kier alpha value is -4.98. The first-order valence-electron chi connectivity index (χ1n) is 20.2. The van der Waals surface area contributed by atoms with Crippen LogP contribution in [0.4, 0.5) is 9.59 Å². The highest BCUT2D eigenvalue weighted by Crippen LogP contribution is 2.23. The highest BCUT2D eigenvalue weighted by atomic mass is 16.6. The summed E-state index contributed by atoms with van der Waals surface area (Å²) in [7, 11) is 5.25. The van der Waals surface area contributed by atoms with Crippen LogP contribution in [0.25, 0.3) is 0 Å². The first-order valence-corrected chi connectivity index (χ1v) is 20.2. The fraction of sp³-hybridized carbons (Fsp3) is 0.571. The van der Waals surface area contributed by atoms with Crippen molar-refractivity contribution in [2.75, 3.05) is 40.8 Å². The van der Waals surface area contributed by atoms with Crippen LogP contribution in [-0.4, -0.2) is 113 Å². The van der Waals surface area contributed by atoms with Crippen molar-refractivity contribution in [3.05, 3.63) is 70.8 Å². The molecule has 0 aromatic heterocycles. The second-order valence-corrected chi connectivity index (χ2v) is 15.9. The fourth-order valence-electron chi connectivity index (χ4n) is 5.10. The Morgan fingerprint density at radius 1 is 0.667 bits per heavy atom. The van der Waals surface area contributed by atoms with E-state index in [1.807, 2.05) is 12.5 Å². The van der Waals surface area contributed by atoms with E-state index in [1.54, 1.807) is 97.0 Å². The van der Waals surface area contributed by atoms with Crippen molar-refractivity contribution in [3.8, 4) is 0 Å². The fourth-order valence-corrected chi connectivity index (χ4v) is 5.10. The molecule has 0 aliphatic carbocycles. The van der Waals surface area contributed by atoms with E-state index >= 15 is 0 Å². The molecule has 9 N–H and O–H groups in total. The third-order valence-electron chi connectivity index (χ3n) is 7.81. The van der Waals surface area contributed by atoms with Gasteiger partial charge in [0.25, 0.3) is 23.6 Å². The van der Waals surface area contributed by atoms with E-state index < -0.39 is 35.2 Å². The van der Waals surface area contributed by atoms with Gasteiger partial charge in [0.15, 0.2) is 0 Å². The molecular formula is C42H71N9O9. The van der Waals surface area contributed by atoms with Crippen LogP contribution in [0.1, 0.15) is 148 Å². The molecule has 0 radical (unpaired) electrons. The molecule has 2 aliphatic rings. The minimum Gasteiger partial charge on any atom is -0.443 e. The van der Waals surface area contributed by atoms with Gasteiger partial charge in [-0.2, -0.15) is 5.01 Å². The van der Waals surface area contributed by atoms with Gasteiger partial charge in [0, 0.05) is 34.3 Å². The van der Waals surface area contributed by atoms with Crippen molar-refractivity contribution in [2.45, 2.75) is 117 Å². The summed E-state index contributed by atoms with van der Waals surface area (Å²) in [4.78, 5) is 69.3. The molecule has 4 rings (SSSR count). The zero-order valence-electron chi connectivity index (χ0n) is 37.3. The minimum atomic E-state index is -0.845. The van der Waals surface area contributed by atoms with Crippen LogP contribution in [0.3, 0.4) is 0 Å². The number of aliphatic hydroxyl groups is 1. The number of hydrogen-bond acceptors (Lipinski definition) is 14. The lowest BCUT2D eigenvalue weighted by Crippen LogP contribution is -2.47. The first kappa shape index (κ1) is 55.0. The van der Waals surface area contributed by atoms with E-state index in [0.29, 0.717) is 22.7 Å². The number of fused-ring (bicyclic) bond motifs is 2. The average molecular weight is 846 g/mol. The Bertz CT molecular complexity index is 1560. The molecule has 0 bridgehead atoms. The van der Waals surface area contributed by atoms with E-state index in [1.165, 1.54) is 49.2 Å². The lowest BCUT2D eigenvalue weighted by atomic mass is 10.1. The largest absolute Gasteiger partial charge is 0.443 e. The molecule has 60 heavy (non-hydrogen) atoms. The number of unbranched alkanes of at least 4 members (excludes halogenated alkanes) is 7. The summed E-state index contributed by atoms with van der Waals surface area (Å²) >= 11 is 0. The molecule has 18 nitrogen and oxygen atoms in total. The summed E-state index contributed by atoms with van der Waals surface area (Å²) in [5.74, 6) is 8.56. The monoisotopic (exact) mass is 846 g/mol. The highest BCUT2D eigenvalue weighted by molar-refractivity contribution is 6.22. The third kappa shape index (κ3) is 21.9. The summed E-state index contributed by atoms with van der Waals surface area (Å²) in [6, 6.07) is 13.2. The highest BCUT2D eigenvalue weighted by Gasteiger charge is 2.38. The number of carbonyl (C=O) groups is 6. The van der Waals surface area contributed by atoms with Crippen LogP contribution in [0.5, 0.6) is 0 Å². The van der Waals surface area contributed by atoms with Crippen molar-refractivity contribution < 1.29 is 43.3 Å². The van der Waals surface area contributed by atoms with Crippen LogP contribution in [0, 0.1) is 0 Å². The van der Waals surface area contributed by atoms with Gasteiger partial charge in [0.2, 0.25) is 0 Å². The molecule has 2 aliphatic heterocycles. The number of nitrogens with two attached hydrogens (primary N) is 3. The van der Waals surface area contributed by atoms with Crippen LogP contribution in [0.15, 0.2) is 48.5 Å². The van der Waals surface area contributed by atoms with E-state index in [2.05, 4.69) is 12.3 Å². The zero-order valence-corrected chi connectivity index (χ0v) is 37.3. The number of amides is 6. The molecule has 0 saturated heterocycles. The smallest absolute Gasteiger partial charge is 0.427 e. The predicted molar refractivity (Wildman–Crippen MR) is 231 cm³/mol. The molecule has 2 aromatic carbocycles. The maximum absolute atomic E-state index is 11.9. The Morgan fingerprint density at radius 3 is 1.42 bits per heavy atom. The lowest BCUT2D eigenvalue weighted by molar-refractivity contribution is 0.0233. The minimum absolute atomic E-state index is 0.254. The number of ether oxygens (including phenoxy) is 2. The first-order chi connectivity index (χ1) is 28.1. The van der Waals surface area contributed by atoms with Crippen LogP contribution >= 0.6 is 0 Å². The molecular weight excluding hydrogens is 775 g/mol. The van der Waals surface area contributed by atoms with Gasteiger partial charge in [-0.3, -0.25) is 35.5 Å². The summed E-state index contributed by atoms with van der Waals surface area (Å²) in [5, 5.41) is 13.4. The van der Waals surface area contributed by atoms with Crippen molar-refractivity contribution in [2.24, 2.45) is 17.4 Å². The van der Waals surface area contributed by atoms with Gasteiger partial charge in [-0.15, -0.1) is 0 Å². The summed E-state index contributed by atoms with van der Waals surface area (Å²) in [6.07, 6.45) is 9.48. The maximum atomic E-state index is 11.9. The molecule has 0 saturated carbocycles. The van der Waals surface area contributed by atoms with E-state index in [0.717, 1.165) is 43.8 Å². The Labute approximate surface area is 355 Å². The quantitative estimate of drug-likeness (QED) is 0.0503. The molecule has 0 spiro atoms. The third-order valence-corrected chi connectivity index (χ3v) is 7.81. The van der Waals surface area contributed by atoms with E-state index in [-0.39, 0.29) is 22.9 Å². The van der Waals surface area contributed by atoms with Gasteiger partial charge in [-0.25, -0.2) is 30.9 Å².